The van der Waals surface area contributed by atoms with E-state index >= 15 is 0 Å². The molecule has 0 unspecified atom stereocenters. The quantitative estimate of drug-likeness (QED) is 0.0218. The van der Waals surface area contributed by atoms with Crippen molar-refractivity contribution in [2.24, 2.45) is 69.0 Å². The molecular weight excluding hydrogens is 1430 g/mol. The first-order valence-electron chi connectivity index (χ1n) is 38.5. The third-order valence-corrected chi connectivity index (χ3v) is 27.2. The first kappa shape index (κ1) is 92.0. The number of rotatable bonds is 21. The van der Waals surface area contributed by atoms with E-state index < -0.39 is 0 Å². The number of carbonyl (C=O) groups excluding carboxylic acids is 8. The molecule has 12 atom stereocenters. The lowest BCUT2D eigenvalue weighted by atomic mass is 9.59. The molecule has 4 aromatic carbocycles. The van der Waals surface area contributed by atoms with Crippen molar-refractivity contribution in [2.75, 3.05) is 0 Å². The molecule has 4 aliphatic carbocycles. The number of aromatic hydroxyl groups is 8. The summed E-state index contributed by atoms with van der Waals surface area (Å²) in [6.07, 6.45) is 31.5. The number of aryl methyl sites for hydroxylation is 2. The molecule has 598 valence electrons. The predicted molar refractivity (Wildman–Crippen MR) is 439 cm³/mol. The Hall–Kier alpha value is -8.60. The zero-order valence-electron chi connectivity index (χ0n) is 68.4. The predicted octanol–water partition coefficient (Wildman–Crippen LogP) is 21.2. The van der Waals surface area contributed by atoms with E-state index in [1.807, 2.05) is 91.0 Å². The van der Waals surface area contributed by atoms with Gasteiger partial charge in [-0.05, 0) is 199 Å². The molecule has 0 heterocycles. The van der Waals surface area contributed by atoms with Gasteiger partial charge in [0, 0.05) is 71.6 Å². The van der Waals surface area contributed by atoms with Crippen molar-refractivity contribution in [2.45, 2.75) is 228 Å². The second-order valence-corrected chi connectivity index (χ2v) is 33.5. The normalized spacial score (nSPS) is 26.2. The molecule has 16 nitrogen and oxygen atoms in total. The van der Waals surface area contributed by atoms with Crippen LogP contribution >= 0.6 is 23.2 Å². The fourth-order valence-electron chi connectivity index (χ4n) is 15.7. The average Bonchev–Trinajstić information content (AvgIpc) is 1.28. The van der Waals surface area contributed by atoms with Crippen molar-refractivity contribution in [3.05, 3.63) is 172 Å². The number of allylic oxidation sites excluding steroid dienone is 14. The lowest BCUT2D eigenvalue weighted by molar-refractivity contribution is -0.132. The Kier molecular flexibility index (Phi) is 32.7. The fourth-order valence-corrected chi connectivity index (χ4v) is 16.1. The number of ketones is 4. The maximum absolute atomic E-state index is 12.2. The summed E-state index contributed by atoms with van der Waals surface area (Å²) >= 11 is 12.2. The number of hydrogen-bond acceptors (Lipinski definition) is 16. The van der Waals surface area contributed by atoms with Crippen molar-refractivity contribution in [1.29, 1.82) is 0 Å². The van der Waals surface area contributed by atoms with Gasteiger partial charge in [-0.3, -0.25) is 38.4 Å². The Labute approximate surface area is 662 Å². The second-order valence-electron chi connectivity index (χ2n) is 32.8. The van der Waals surface area contributed by atoms with E-state index in [0.717, 1.165) is 60.8 Å². The summed E-state index contributed by atoms with van der Waals surface area (Å²) in [6, 6.07) is 3.01. The largest absolute Gasteiger partial charge is 0.508 e. The van der Waals surface area contributed by atoms with Crippen LogP contribution in [0.4, 0.5) is 0 Å². The van der Waals surface area contributed by atoms with Gasteiger partial charge < -0.3 is 40.9 Å². The zero-order chi connectivity index (χ0) is 83.2. The summed E-state index contributed by atoms with van der Waals surface area (Å²) in [7, 11) is 0. The van der Waals surface area contributed by atoms with Crippen LogP contribution < -0.4 is 0 Å². The number of phenolic OH excluding ortho intramolecular Hbond substituents is 8. The molecule has 4 fully saturated rings. The van der Waals surface area contributed by atoms with Crippen LogP contribution in [0.1, 0.15) is 261 Å². The first-order chi connectivity index (χ1) is 51.3. The monoisotopic (exact) mass is 1550 g/mol. The summed E-state index contributed by atoms with van der Waals surface area (Å²) in [6.45, 7) is 39.8. The molecule has 0 saturated heterocycles. The van der Waals surface area contributed by atoms with Crippen LogP contribution in [0, 0.1) is 96.7 Å². The molecule has 0 radical (unpaired) electrons. The Morgan fingerprint density at radius 1 is 0.400 bits per heavy atom. The third kappa shape index (κ3) is 20.7. The maximum atomic E-state index is 12.2. The van der Waals surface area contributed by atoms with Crippen molar-refractivity contribution in [3.8, 4) is 46.0 Å². The number of benzene rings is 4. The maximum Gasteiger partial charge on any atom is 0.154 e. The smallest absolute Gasteiger partial charge is 0.154 e. The van der Waals surface area contributed by atoms with Gasteiger partial charge in [0.25, 0.3) is 0 Å². The fraction of sp³-hybridized carbons (Fsp3) is 0.500. The number of aldehydes is 4. The molecule has 110 heavy (non-hydrogen) atoms. The molecule has 4 aliphatic rings. The molecule has 0 spiro atoms. The molecule has 4 aromatic rings. The van der Waals surface area contributed by atoms with E-state index in [1.54, 1.807) is 27.7 Å². The van der Waals surface area contributed by atoms with Crippen LogP contribution in [0.25, 0.3) is 0 Å². The van der Waals surface area contributed by atoms with E-state index in [1.165, 1.54) is 12.1 Å². The van der Waals surface area contributed by atoms with E-state index in [-0.39, 0.29) is 148 Å². The van der Waals surface area contributed by atoms with Gasteiger partial charge >= 0.3 is 0 Å². The molecule has 0 aromatic heterocycles. The van der Waals surface area contributed by atoms with Gasteiger partial charge in [0.1, 0.15) is 69.1 Å². The van der Waals surface area contributed by atoms with Gasteiger partial charge in [0.2, 0.25) is 0 Å². The van der Waals surface area contributed by atoms with E-state index in [0.29, 0.717) is 144 Å². The van der Waals surface area contributed by atoms with Gasteiger partial charge in [-0.1, -0.05) is 189 Å². The van der Waals surface area contributed by atoms with Crippen molar-refractivity contribution < 1.29 is 79.2 Å². The Bertz CT molecular complexity index is 4230. The molecule has 8 rings (SSSR count). The highest BCUT2D eigenvalue weighted by molar-refractivity contribution is 6.34. The van der Waals surface area contributed by atoms with Gasteiger partial charge in [0.15, 0.2) is 25.1 Å². The van der Waals surface area contributed by atoms with Crippen molar-refractivity contribution in [1.82, 2.24) is 0 Å². The van der Waals surface area contributed by atoms with E-state index in [9.17, 15) is 79.2 Å². The molecule has 4 saturated carbocycles. The molecule has 18 heteroatoms. The second kappa shape index (κ2) is 39.0. The topological polar surface area (TPSA) is 298 Å². The Morgan fingerprint density at radius 2 is 0.673 bits per heavy atom. The van der Waals surface area contributed by atoms with Crippen molar-refractivity contribution in [3.63, 3.8) is 0 Å². The Balaban J connectivity index is 0.000000263. The first-order valence-corrected chi connectivity index (χ1v) is 39.3. The van der Waals surface area contributed by atoms with Crippen LogP contribution in [-0.4, -0.2) is 89.1 Å². The summed E-state index contributed by atoms with van der Waals surface area (Å²) in [5, 5.41) is 82.1. The van der Waals surface area contributed by atoms with Crippen LogP contribution in [-0.2, 0) is 44.9 Å². The number of Topliss-reactive ketones (excluding diaryl/α,β-unsaturated/α-hetero) is 4. The van der Waals surface area contributed by atoms with Gasteiger partial charge in [-0.15, -0.1) is 0 Å². The minimum atomic E-state index is -0.241. The number of hydrogen-bond donors (Lipinski definition) is 8. The lowest BCUT2D eigenvalue weighted by Gasteiger charge is -2.44. The third-order valence-electron chi connectivity index (χ3n) is 26.3. The molecule has 0 aliphatic heterocycles. The van der Waals surface area contributed by atoms with Crippen molar-refractivity contribution >= 4 is 71.5 Å². The SMILES string of the molecule is C/C(=C\Cc1c(O)cc(C)c(C=O)c1O)CC[C@@]1(C)[C@H](C)CCC(=O)[C@@H]1C.CC(/C=C/[C@@]1(C)[C@H](C)CCC(=O)[C@@H]1C)=C\Cc1c(O)c(Cl)c(C)c(C=O)c1O.CC(/C=C/[C@@]1(C)[C@H](C)CCC(=O)[C@@H]1C)=C\Cc1c(O)c(Cl)c(C)c(C=O)c1O.CC(/C=C/[C@@]1(C)[C@H](C)CCC(=O)[C@@H]1C)=C\Cc1c(O)cc(C)c(C=O)c1O. The Morgan fingerprint density at radius 3 is 0.982 bits per heavy atom. The standard InChI is InChI=1S/2C23H29ClO4.C23H32O4.C23H30O4/c2*1-13(10-11-23(5)14(2)7-9-19(26)16(23)4)6-8-17-21(27)18(12-25)15(3)20(24)22(17)28;2*1-14(10-11-23(5)16(3)7-9-20(25)17(23)4)6-8-18-21(26)12-15(2)19(13-24)22(18)27/h2*6,10-12,14,16,27-28H,7-9H2,1-5H3;6,12-13,16-17,26-27H,7-11H2,1-5H3;6,10-13,16-17,26-27H,7-9H2,1-5H3/b2*11-10+,13-6+;14-6+;11-10+,14-6+/t2*14-,16+,23+;2*16-,17+,23+/m1111/s1. The van der Waals surface area contributed by atoms with E-state index in [4.69, 9.17) is 23.2 Å². The highest BCUT2D eigenvalue weighted by Crippen LogP contribution is 2.51. The number of phenols is 8. The highest BCUT2D eigenvalue weighted by Gasteiger charge is 2.45. The van der Waals surface area contributed by atoms with E-state index in [2.05, 4.69) is 80.5 Å². The molecule has 0 bridgehead atoms. The lowest BCUT2D eigenvalue weighted by Crippen LogP contribution is -2.41. The zero-order valence-corrected chi connectivity index (χ0v) is 69.9. The van der Waals surface area contributed by atoms with Gasteiger partial charge in [-0.25, -0.2) is 0 Å². The van der Waals surface area contributed by atoms with Gasteiger partial charge in [-0.2, -0.15) is 0 Å². The van der Waals surface area contributed by atoms with Crippen LogP contribution in [0.2, 0.25) is 10.0 Å². The van der Waals surface area contributed by atoms with Crippen LogP contribution in [0.3, 0.4) is 0 Å². The van der Waals surface area contributed by atoms with Crippen LogP contribution in [0.15, 0.2) is 95.2 Å². The minimum absolute atomic E-state index is 0.00323. The number of halogens is 2. The van der Waals surface area contributed by atoms with Gasteiger partial charge in [0.05, 0.1) is 32.3 Å². The summed E-state index contributed by atoms with van der Waals surface area (Å²) < 4.78 is 0. The van der Waals surface area contributed by atoms with Crippen LogP contribution in [0.5, 0.6) is 46.0 Å². The molecular formula is C92H120Cl2O16. The minimum Gasteiger partial charge on any atom is -0.508 e. The summed E-state index contributed by atoms with van der Waals surface area (Å²) in [4.78, 5) is 93.5. The average molecular weight is 1550 g/mol. The molecule has 8 N–H and O–H groups in total. The molecule has 0 amide bonds. The summed E-state index contributed by atoms with van der Waals surface area (Å²) in [5.41, 5.74) is 7.02. The number of carbonyl (C=O) groups is 8. The summed E-state index contributed by atoms with van der Waals surface area (Å²) in [5.74, 6) is 1.84. The highest BCUT2D eigenvalue weighted by atomic mass is 35.5.